The quantitative estimate of drug-likeness (QED) is 0.645. The van der Waals surface area contributed by atoms with Gasteiger partial charge in [-0.3, -0.25) is 10.1 Å². The molecule has 21 heavy (non-hydrogen) atoms. The normalized spacial score (nSPS) is 11.4. The minimum absolute atomic E-state index is 0.00329. The Kier molecular flexibility index (Phi) is 4.24. The van der Waals surface area contributed by atoms with Gasteiger partial charge in [0.05, 0.1) is 16.5 Å². The van der Waals surface area contributed by atoms with Crippen LogP contribution in [-0.2, 0) is 12.1 Å². The first-order valence-corrected chi connectivity index (χ1v) is 6.75. The molecule has 0 radical (unpaired) electrons. The average molecular weight is 357 g/mol. The van der Waals surface area contributed by atoms with Crippen molar-refractivity contribution in [3.63, 3.8) is 0 Å². The molecule has 2 aromatic rings. The Bertz CT molecular complexity index is 666. The largest absolute Gasteiger partial charge is 0.483 e. The molecule has 0 unspecified atom stereocenters. The van der Waals surface area contributed by atoms with E-state index in [9.17, 15) is 10.1 Å². The summed E-state index contributed by atoms with van der Waals surface area (Å²) in [6, 6.07) is 4.31. The highest BCUT2D eigenvalue weighted by Gasteiger charge is 2.21. The number of benzene rings is 1. The van der Waals surface area contributed by atoms with Crippen LogP contribution in [0.2, 0.25) is 0 Å². The van der Waals surface area contributed by atoms with Crippen LogP contribution in [0.25, 0.3) is 0 Å². The average Bonchev–Trinajstić information content (AvgIpc) is 2.84. The number of halogens is 1. The predicted octanol–water partition coefficient (Wildman–Crippen LogP) is 2.51. The number of nitro benzene ring substituents is 1. The van der Waals surface area contributed by atoms with E-state index in [-0.39, 0.29) is 18.2 Å². The van der Waals surface area contributed by atoms with Gasteiger partial charge in [-0.15, -0.1) is 0 Å². The number of nitrogens with zero attached hydrogens (tertiary/aromatic N) is 3. The van der Waals surface area contributed by atoms with E-state index >= 15 is 0 Å². The molecule has 8 nitrogen and oxygen atoms in total. The van der Waals surface area contributed by atoms with Crippen molar-refractivity contribution in [3.8, 4) is 5.75 Å². The molecule has 0 bridgehead atoms. The molecule has 1 aromatic carbocycles. The summed E-state index contributed by atoms with van der Waals surface area (Å²) in [6.45, 7) is 3.50. The molecular formula is C12H13BrN4O4. The lowest BCUT2D eigenvalue weighted by Gasteiger charge is -2.11. The molecule has 9 heteroatoms. The Morgan fingerprint density at radius 3 is 2.76 bits per heavy atom. The molecular weight excluding hydrogens is 344 g/mol. The Hall–Kier alpha value is -2.00. The monoisotopic (exact) mass is 356 g/mol. The zero-order chi connectivity index (χ0) is 15.6. The van der Waals surface area contributed by atoms with Crippen LogP contribution in [0, 0.1) is 10.1 Å². The van der Waals surface area contributed by atoms with Gasteiger partial charge in [-0.2, -0.15) is 4.98 Å². The third-order valence-corrected chi connectivity index (χ3v) is 2.93. The van der Waals surface area contributed by atoms with Crippen LogP contribution in [0.4, 0.5) is 5.69 Å². The standard InChI is InChI=1S/C12H13BrN4O4/c1-12(2,14)11-15-10(21-16-11)6-20-9-4-7(13)3-8(5-9)17(18)19/h3-5H,6,14H2,1-2H3. The maximum absolute atomic E-state index is 10.8. The number of nitro groups is 1. The Balaban J connectivity index is 2.10. The second-order valence-electron chi connectivity index (χ2n) is 4.92. The highest BCUT2D eigenvalue weighted by molar-refractivity contribution is 9.10. The summed E-state index contributed by atoms with van der Waals surface area (Å²) in [6.07, 6.45) is 0. The topological polar surface area (TPSA) is 117 Å². The van der Waals surface area contributed by atoms with E-state index in [1.165, 1.54) is 12.1 Å². The molecule has 0 aliphatic heterocycles. The first kappa shape index (κ1) is 15.4. The van der Waals surface area contributed by atoms with Crippen molar-refractivity contribution in [2.45, 2.75) is 26.0 Å². The molecule has 0 aliphatic rings. The van der Waals surface area contributed by atoms with Crippen molar-refractivity contribution in [1.29, 1.82) is 0 Å². The van der Waals surface area contributed by atoms with Crippen LogP contribution < -0.4 is 10.5 Å². The minimum Gasteiger partial charge on any atom is -0.483 e. The van der Waals surface area contributed by atoms with Crippen molar-refractivity contribution in [2.75, 3.05) is 0 Å². The number of hydrogen-bond acceptors (Lipinski definition) is 7. The lowest BCUT2D eigenvalue weighted by atomic mass is 10.1. The zero-order valence-corrected chi connectivity index (χ0v) is 13.0. The molecule has 0 saturated heterocycles. The fourth-order valence-electron chi connectivity index (χ4n) is 1.46. The summed E-state index contributed by atoms with van der Waals surface area (Å²) in [5, 5.41) is 14.5. The number of nitrogens with two attached hydrogens (primary N) is 1. The van der Waals surface area contributed by atoms with Gasteiger partial charge in [0.15, 0.2) is 12.4 Å². The van der Waals surface area contributed by atoms with Gasteiger partial charge in [0, 0.05) is 10.5 Å². The first-order valence-electron chi connectivity index (χ1n) is 5.95. The second kappa shape index (κ2) is 5.78. The van der Waals surface area contributed by atoms with Gasteiger partial charge in [-0.1, -0.05) is 21.1 Å². The Morgan fingerprint density at radius 2 is 2.19 bits per heavy atom. The SMILES string of the molecule is CC(C)(N)c1noc(COc2cc(Br)cc([N+](=O)[O-])c2)n1. The minimum atomic E-state index is -0.712. The summed E-state index contributed by atoms with van der Waals surface area (Å²) in [7, 11) is 0. The van der Waals surface area contributed by atoms with Crippen LogP contribution in [0.15, 0.2) is 27.2 Å². The van der Waals surface area contributed by atoms with E-state index in [4.69, 9.17) is 15.0 Å². The third-order valence-electron chi connectivity index (χ3n) is 2.47. The lowest BCUT2D eigenvalue weighted by molar-refractivity contribution is -0.385. The van der Waals surface area contributed by atoms with Gasteiger partial charge >= 0.3 is 0 Å². The summed E-state index contributed by atoms with van der Waals surface area (Å²) < 4.78 is 11.0. The van der Waals surface area contributed by atoms with Crippen molar-refractivity contribution >= 4 is 21.6 Å². The molecule has 0 atom stereocenters. The summed E-state index contributed by atoms with van der Waals surface area (Å²) in [5.41, 5.74) is 5.06. The molecule has 0 aliphatic carbocycles. The number of non-ortho nitro benzene ring substituents is 1. The molecule has 112 valence electrons. The van der Waals surface area contributed by atoms with E-state index in [0.29, 0.717) is 16.0 Å². The van der Waals surface area contributed by atoms with Gasteiger partial charge < -0.3 is 15.0 Å². The first-order chi connectivity index (χ1) is 9.75. The van der Waals surface area contributed by atoms with Crippen molar-refractivity contribution in [3.05, 3.63) is 44.5 Å². The van der Waals surface area contributed by atoms with Gasteiger partial charge in [0.2, 0.25) is 0 Å². The highest BCUT2D eigenvalue weighted by Crippen LogP contribution is 2.26. The summed E-state index contributed by atoms with van der Waals surface area (Å²) in [4.78, 5) is 14.4. The Labute approximate surface area is 128 Å². The molecule has 0 fully saturated rings. The van der Waals surface area contributed by atoms with Gasteiger partial charge in [0.1, 0.15) is 5.75 Å². The fourth-order valence-corrected chi connectivity index (χ4v) is 1.92. The van der Waals surface area contributed by atoms with Crippen LogP contribution in [0.3, 0.4) is 0 Å². The molecule has 1 aromatic heterocycles. The molecule has 2 N–H and O–H groups in total. The molecule has 2 rings (SSSR count). The maximum Gasteiger partial charge on any atom is 0.274 e. The highest BCUT2D eigenvalue weighted by atomic mass is 79.9. The number of hydrogen-bond donors (Lipinski definition) is 1. The second-order valence-corrected chi connectivity index (χ2v) is 5.84. The van der Waals surface area contributed by atoms with E-state index < -0.39 is 10.5 Å². The van der Waals surface area contributed by atoms with Gasteiger partial charge in [0.25, 0.3) is 11.6 Å². The van der Waals surface area contributed by atoms with Crippen LogP contribution >= 0.6 is 15.9 Å². The Morgan fingerprint density at radius 1 is 1.48 bits per heavy atom. The van der Waals surface area contributed by atoms with E-state index in [1.807, 2.05) is 0 Å². The fraction of sp³-hybridized carbons (Fsp3) is 0.333. The summed E-state index contributed by atoms with van der Waals surface area (Å²) >= 11 is 3.19. The lowest BCUT2D eigenvalue weighted by Crippen LogP contribution is -2.30. The van der Waals surface area contributed by atoms with Crippen molar-refractivity contribution in [2.24, 2.45) is 5.73 Å². The molecule has 0 amide bonds. The van der Waals surface area contributed by atoms with Crippen molar-refractivity contribution in [1.82, 2.24) is 10.1 Å². The van der Waals surface area contributed by atoms with Crippen LogP contribution in [0.5, 0.6) is 5.75 Å². The van der Waals surface area contributed by atoms with E-state index in [1.54, 1.807) is 19.9 Å². The molecule has 0 spiro atoms. The maximum atomic E-state index is 10.8. The van der Waals surface area contributed by atoms with Gasteiger partial charge in [-0.05, 0) is 19.9 Å². The smallest absolute Gasteiger partial charge is 0.274 e. The van der Waals surface area contributed by atoms with Crippen molar-refractivity contribution < 1.29 is 14.2 Å². The van der Waals surface area contributed by atoms with E-state index in [0.717, 1.165) is 0 Å². The predicted molar refractivity (Wildman–Crippen MR) is 76.6 cm³/mol. The third kappa shape index (κ3) is 3.99. The number of ether oxygens (including phenoxy) is 1. The van der Waals surface area contributed by atoms with Crippen LogP contribution in [-0.4, -0.2) is 15.1 Å². The zero-order valence-electron chi connectivity index (χ0n) is 11.4. The number of rotatable bonds is 5. The van der Waals surface area contributed by atoms with Gasteiger partial charge in [-0.25, -0.2) is 0 Å². The van der Waals surface area contributed by atoms with E-state index in [2.05, 4.69) is 26.1 Å². The number of aromatic nitrogens is 2. The molecule has 1 heterocycles. The summed E-state index contributed by atoms with van der Waals surface area (Å²) in [5.74, 6) is 0.926. The van der Waals surface area contributed by atoms with Crippen LogP contribution in [0.1, 0.15) is 25.6 Å². The molecule has 0 saturated carbocycles.